The monoisotopic (exact) mass is 432 g/mol. The minimum absolute atomic E-state index is 0.143. The number of aryl methyl sites for hydroxylation is 1. The van der Waals surface area contributed by atoms with Crippen LogP contribution >= 0.6 is 0 Å². The zero-order valence-electron chi connectivity index (χ0n) is 18.4. The van der Waals surface area contributed by atoms with E-state index in [1.54, 1.807) is 42.5 Å². The molecular formula is C26H24O6. The number of esters is 1. The van der Waals surface area contributed by atoms with Crippen molar-refractivity contribution < 1.29 is 28.5 Å². The zero-order chi connectivity index (χ0) is 23.1. The summed E-state index contributed by atoms with van der Waals surface area (Å²) in [6.45, 7) is 1.96. The summed E-state index contributed by atoms with van der Waals surface area (Å²) in [6, 6.07) is 17.3. The highest BCUT2D eigenvalue weighted by Crippen LogP contribution is 2.38. The second-order valence-corrected chi connectivity index (χ2v) is 6.90. The molecule has 0 atom stereocenters. The molecule has 3 aromatic rings. The van der Waals surface area contributed by atoms with Crippen LogP contribution in [0.4, 0.5) is 0 Å². The van der Waals surface area contributed by atoms with Crippen molar-refractivity contribution in [3.05, 3.63) is 89.0 Å². The number of rotatable bonds is 8. The molecule has 0 amide bonds. The second-order valence-electron chi connectivity index (χ2n) is 6.90. The summed E-state index contributed by atoms with van der Waals surface area (Å²) < 4.78 is 21.5. The number of allylic oxidation sites excluding steroid dienone is 1. The lowest BCUT2D eigenvalue weighted by molar-refractivity contribution is 0.0733. The molecule has 32 heavy (non-hydrogen) atoms. The third-order valence-corrected chi connectivity index (χ3v) is 4.77. The Morgan fingerprint density at radius 1 is 0.750 bits per heavy atom. The highest BCUT2D eigenvalue weighted by molar-refractivity contribution is 6.07. The Balaban J connectivity index is 1.84. The van der Waals surface area contributed by atoms with Gasteiger partial charge in [-0.25, -0.2) is 4.79 Å². The van der Waals surface area contributed by atoms with Crippen molar-refractivity contribution in [3.63, 3.8) is 0 Å². The van der Waals surface area contributed by atoms with Crippen LogP contribution in [0.5, 0.6) is 23.0 Å². The molecule has 0 unspecified atom stereocenters. The fourth-order valence-corrected chi connectivity index (χ4v) is 3.05. The number of ketones is 1. The Bertz CT molecular complexity index is 1120. The Labute approximate surface area is 187 Å². The van der Waals surface area contributed by atoms with Crippen molar-refractivity contribution in [3.8, 4) is 23.0 Å². The van der Waals surface area contributed by atoms with Gasteiger partial charge in [-0.2, -0.15) is 0 Å². The minimum atomic E-state index is -0.602. The summed E-state index contributed by atoms with van der Waals surface area (Å²) in [5.74, 6) is 0.640. The van der Waals surface area contributed by atoms with Crippen molar-refractivity contribution >= 4 is 17.8 Å². The van der Waals surface area contributed by atoms with E-state index >= 15 is 0 Å². The van der Waals surface area contributed by atoms with Crippen molar-refractivity contribution in [2.24, 2.45) is 0 Å². The van der Waals surface area contributed by atoms with Crippen LogP contribution in [0.1, 0.15) is 31.8 Å². The topological polar surface area (TPSA) is 71.1 Å². The third kappa shape index (κ3) is 5.16. The van der Waals surface area contributed by atoms with Crippen molar-refractivity contribution in [2.45, 2.75) is 6.92 Å². The first kappa shape index (κ1) is 22.6. The molecule has 0 aromatic heterocycles. The zero-order valence-corrected chi connectivity index (χ0v) is 18.4. The highest BCUT2D eigenvalue weighted by Gasteiger charge is 2.19. The molecule has 0 radical (unpaired) electrons. The van der Waals surface area contributed by atoms with Gasteiger partial charge in [-0.15, -0.1) is 0 Å². The van der Waals surface area contributed by atoms with Gasteiger partial charge < -0.3 is 18.9 Å². The normalized spacial score (nSPS) is 10.6. The molecule has 164 valence electrons. The lowest BCUT2D eigenvalue weighted by Gasteiger charge is -2.14. The lowest BCUT2D eigenvalue weighted by Crippen LogP contribution is -2.10. The van der Waals surface area contributed by atoms with Gasteiger partial charge in [0.2, 0.25) is 5.75 Å². The van der Waals surface area contributed by atoms with Crippen LogP contribution in [0.3, 0.4) is 0 Å². The van der Waals surface area contributed by atoms with Gasteiger partial charge in [-0.05, 0) is 37.3 Å². The first-order valence-corrected chi connectivity index (χ1v) is 9.87. The van der Waals surface area contributed by atoms with Gasteiger partial charge in [0, 0.05) is 11.1 Å². The molecule has 0 aliphatic carbocycles. The first-order chi connectivity index (χ1) is 15.5. The maximum absolute atomic E-state index is 12.8. The number of hydrogen-bond donors (Lipinski definition) is 0. The van der Waals surface area contributed by atoms with Crippen LogP contribution in [-0.4, -0.2) is 33.1 Å². The molecule has 0 saturated heterocycles. The Morgan fingerprint density at radius 2 is 1.38 bits per heavy atom. The lowest BCUT2D eigenvalue weighted by atomic mass is 10.1. The summed E-state index contributed by atoms with van der Waals surface area (Å²) in [4.78, 5) is 25.3. The molecule has 3 aromatic carbocycles. The van der Waals surface area contributed by atoms with Gasteiger partial charge in [0.15, 0.2) is 17.3 Å². The predicted molar refractivity (Wildman–Crippen MR) is 122 cm³/mol. The van der Waals surface area contributed by atoms with E-state index in [-0.39, 0.29) is 11.3 Å². The molecule has 0 bridgehead atoms. The van der Waals surface area contributed by atoms with Gasteiger partial charge in [0.05, 0.1) is 26.9 Å². The fourth-order valence-electron chi connectivity index (χ4n) is 3.05. The minimum Gasteiger partial charge on any atom is -0.493 e. The van der Waals surface area contributed by atoms with Gasteiger partial charge in [-0.3, -0.25) is 4.79 Å². The van der Waals surface area contributed by atoms with E-state index in [0.717, 1.165) is 5.56 Å². The first-order valence-electron chi connectivity index (χ1n) is 9.87. The van der Waals surface area contributed by atoms with E-state index in [1.165, 1.54) is 39.5 Å². The maximum Gasteiger partial charge on any atom is 0.343 e. The largest absolute Gasteiger partial charge is 0.493 e. The van der Waals surface area contributed by atoms with E-state index in [0.29, 0.717) is 34.1 Å². The van der Waals surface area contributed by atoms with Crippen molar-refractivity contribution in [1.82, 2.24) is 0 Å². The number of benzene rings is 3. The van der Waals surface area contributed by atoms with E-state index in [4.69, 9.17) is 18.9 Å². The van der Waals surface area contributed by atoms with E-state index in [1.807, 2.05) is 19.1 Å². The van der Waals surface area contributed by atoms with Gasteiger partial charge >= 0.3 is 5.97 Å². The number of carbonyl (C=O) groups is 2. The van der Waals surface area contributed by atoms with E-state index < -0.39 is 5.97 Å². The molecule has 0 aliphatic rings. The smallest absolute Gasteiger partial charge is 0.343 e. The summed E-state index contributed by atoms with van der Waals surface area (Å²) in [6.07, 6.45) is 3.08. The third-order valence-electron chi connectivity index (χ3n) is 4.77. The highest BCUT2D eigenvalue weighted by atomic mass is 16.5. The molecule has 0 spiro atoms. The van der Waals surface area contributed by atoms with Crippen LogP contribution < -0.4 is 18.9 Å². The fraction of sp³-hybridized carbons (Fsp3) is 0.154. The Hall–Kier alpha value is -4.06. The number of hydrogen-bond acceptors (Lipinski definition) is 6. The molecule has 3 rings (SSSR count). The van der Waals surface area contributed by atoms with E-state index in [2.05, 4.69) is 0 Å². The summed E-state index contributed by atoms with van der Waals surface area (Å²) in [7, 11) is 4.42. The van der Waals surface area contributed by atoms with E-state index in [9.17, 15) is 9.59 Å². The van der Waals surface area contributed by atoms with Gasteiger partial charge in [-0.1, -0.05) is 48.0 Å². The van der Waals surface area contributed by atoms with Crippen LogP contribution in [0.15, 0.2) is 66.7 Å². The molecule has 0 saturated carbocycles. The maximum atomic E-state index is 12.8. The second kappa shape index (κ2) is 10.3. The summed E-state index contributed by atoms with van der Waals surface area (Å²) in [5.41, 5.74) is 2.48. The molecule has 6 nitrogen and oxygen atoms in total. The molecule has 0 aliphatic heterocycles. The number of methoxy groups -OCH3 is 3. The number of para-hydroxylation sites is 1. The van der Waals surface area contributed by atoms with Crippen molar-refractivity contribution in [2.75, 3.05) is 21.3 Å². The molecule has 0 fully saturated rings. The average Bonchev–Trinajstić information content (AvgIpc) is 2.82. The molecule has 0 N–H and O–H groups in total. The quantitative estimate of drug-likeness (QED) is 0.213. The molecular weight excluding hydrogens is 408 g/mol. The van der Waals surface area contributed by atoms with Gasteiger partial charge in [0.1, 0.15) is 5.75 Å². The Kier molecular flexibility index (Phi) is 7.29. The predicted octanol–water partition coefficient (Wildman–Crippen LogP) is 5.14. The van der Waals surface area contributed by atoms with Gasteiger partial charge in [0.25, 0.3) is 0 Å². The standard InChI is InChI=1S/C26H24O6/c1-17-9-11-18(12-10-17)21(27)14-13-19-7-5-6-8-22(19)32-26(28)20-15-23(29-2)25(31-4)24(16-20)30-3/h5-16H,1-4H3/b14-13+. The summed E-state index contributed by atoms with van der Waals surface area (Å²) >= 11 is 0. The van der Waals surface area contributed by atoms with Crippen LogP contribution in [0.2, 0.25) is 0 Å². The number of carbonyl (C=O) groups excluding carboxylic acids is 2. The molecule has 6 heteroatoms. The van der Waals surface area contributed by atoms with Crippen molar-refractivity contribution in [1.29, 1.82) is 0 Å². The SMILES string of the molecule is COc1cc(C(=O)Oc2ccccc2/C=C/C(=O)c2ccc(C)cc2)cc(OC)c1OC. The van der Waals surface area contributed by atoms with Crippen LogP contribution in [0, 0.1) is 6.92 Å². The average molecular weight is 432 g/mol. The number of ether oxygens (including phenoxy) is 4. The molecule has 0 heterocycles. The Morgan fingerprint density at radius 3 is 1.97 bits per heavy atom. The van der Waals surface area contributed by atoms with Crippen LogP contribution in [0.25, 0.3) is 6.08 Å². The van der Waals surface area contributed by atoms with Crippen LogP contribution in [-0.2, 0) is 0 Å². The summed E-state index contributed by atoms with van der Waals surface area (Å²) in [5, 5.41) is 0.